The first-order valence-corrected chi connectivity index (χ1v) is 9.11. The molecule has 7 nitrogen and oxygen atoms in total. The van der Waals surface area contributed by atoms with Gasteiger partial charge in [-0.2, -0.15) is 4.31 Å². The number of sulfonamides is 1. The molecule has 1 saturated heterocycles. The van der Waals surface area contributed by atoms with Crippen LogP contribution in [0.5, 0.6) is 11.6 Å². The molecule has 0 radical (unpaired) electrons. The summed E-state index contributed by atoms with van der Waals surface area (Å²) >= 11 is 0. The van der Waals surface area contributed by atoms with Crippen LogP contribution in [0.4, 0.5) is 0 Å². The number of piperidine rings is 1. The fraction of sp³-hybridized carbons (Fsp3) is 0.375. The van der Waals surface area contributed by atoms with E-state index >= 15 is 0 Å². The van der Waals surface area contributed by atoms with Crippen LogP contribution in [0.15, 0.2) is 47.8 Å². The first-order valence-electron chi connectivity index (χ1n) is 7.67. The van der Waals surface area contributed by atoms with Crippen molar-refractivity contribution in [1.29, 1.82) is 0 Å². The number of hydrogen-bond donors (Lipinski definition) is 0. The smallest absolute Gasteiger partial charge is 0.246 e. The molecule has 1 aliphatic rings. The van der Waals surface area contributed by atoms with Gasteiger partial charge in [-0.1, -0.05) is 12.1 Å². The fourth-order valence-electron chi connectivity index (χ4n) is 2.68. The molecule has 0 atom stereocenters. The van der Waals surface area contributed by atoms with Gasteiger partial charge in [0.05, 0.1) is 7.11 Å². The maximum Gasteiger partial charge on any atom is 0.246 e. The van der Waals surface area contributed by atoms with Crippen molar-refractivity contribution in [3.63, 3.8) is 0 Å². The molecule has 1 aliphatic heterocycles. The molecule has 0 saturated carbocycles. The number of hydrogen-bond acceptors (Lipinski definition) is 6. The van der Waals surface area contributed by atoms with Gasteiger partial charge in [-0.15, -0.1) is 0 Å². The third-order valence-corrected chi connectivity index (χ3v) is 5.87. The molecule has 0 amide bonds. The van der Waals surface area contributed by atoms with Gasteiger partial charge in [0.1, 0.15) is 23.1 Å². The normalized spacial score (nSPS) is 16.7. The molecule has 0 N–H and O–H groups in total. The summed E-state index contributed by atoms with van der Waals surface area (Å²) in [5, 5.41) is 0. The van der Waals surface area contributed by atoms with E-state index in [0.717, 1.165) is 0 Å². The van der Waals surface area contributed by atoms with Crippen molar-refractivity contribution in [2.24, 2.45) is 0 Å². The van der Waals surface area contributed by atoms with Crippen LogP contribution in [0.1, 0.15) is 12.8 Å². The van der Waals surface area contributed by atoms with Crippen molar-refractivity contribution in [2.75, 3.05) is 20.2 Å². The van der Waals surface area contributed by atoms with E-state index in [9.17, 15) is 8.42 Å². The quantitative estimate of drug-likeness (QED) is 0.817. The minimum absolute atomic E-state index is 0.0518. The van der Waals surface area contributed by atoms with E-state index in [1.165, 1.54) is 17.7 Å². The number of ether oxygens (including phenoxy) is 2. The van der Waals surface area contributed by atoms with Crippen LogP contribution in [0.25, 0.3) is 0 Å². The second-order valence-electron chi connectivity index (χ2n) is 5.42. The van der Waals surface area contributed by atoms with Crippen molar-refractivity contribution in [1.82, 2.24) is 14.3 Å². The van der Waals surface area contributed by atoms with Crippen molar-refractivity contribution in [2.45, 2.75) is 23.8 Å². The molecule has 8 heteroatoms. The number of aromatic nitrogens is 2. The second-order valence-corrected chi connectivity index (χ2v) is 7.33. The van der Waals surface area contributed by atoms with Crippen molar-refractivity contribution in [3.8, 4) is 11.6 Å². The molecule has 128 valence electrons. The van der Waals surface area contributed by atoms with Crippen molar-refractivity contribution in [3.05, 3.63) is 42.9 Å². The van der Waals surface area contributed by atoms with Gasteiger partial charge in [0, 0.05) is 25.4 Å². The van der Waals surface area contributed by atoms with E-state index in [1.807, 2.05) is 0 Å². The predicted molar refractivity (Wildman–Crippen MR) is 87.4 cm³/mol. The summed E-state index contributed by atoms with van der Waals surface area (Å²) < 4.78 is 38.1. The van der Waals surface area contributed by atoms with Gasteiger partial charge in [-0.05, 0) is 25.0 Å². The molecular weight excluding hydrogens is 330 g/mol. The van der Waals surface area contributed by atoms with Crippen molar-refractivity contribution >= 4 is 10.0 Å². The minimum Gasteiger partial charge on any atom is -0.495 e. The average Bonchev–Trinajstić information content (AvgIpc) is 2.63. The number of para-hydroxylation sites is 1. The SMILES string of the molecule is COc1ccccc1S(=O)(=O)N1CCC(Oc2ccncn2)CC1. The Hall–Kier alpha value is -2.19. The molecule has 2 heterocycles. The highest BCUT2D eigenvalue weighted by molar-refractivity contribution is 7.89. The molecule has 3 rings (SSSR count). The Kier molecular flexibility index (Phi) is 4.96. The molecule has 0 spiro atoms. The van der Waals surface area contributed by atoms with Gasteiger partial charge in [0.25, 0.3) is 0 Å². The third-order valence-electron chi connectivity index (χ3n) is 3.93. The van der Waals surface area contributed by atoms with Crippen LogP contribution in [-0.4, -0.2) is 49.0 Å². The molecule has 0 aliphatic carbocycles. The van der Waals surface area contributed by atoms with Crippen LogP contribution in [0.3, 0.4) is 0 Å². The van der Waals surface area contributed by atoms with Gasteiger partial charge in [0.15, 0.2) is 0 Å². The Morgan fingerprint density at radius 2 is 1.92 bits per heavy atom. The first kappa shape index (κ1) is 16.7. The monoisotopic (exact) mass is 349 g/mol. The van der Waals surface area contributed by atoms with Crippen LogP contribution >= 0.6 is 0 Å². The molecule has 2 aromatic rings. The van der Waals surface area contributed by atoms with E-state index in [1.54, 1.807) is 36.5 Å². The molecule has 24 heavy (non-hydrogen) atoms. The van der Waals surface area contributed by atoms with Gasteiger partial charge < -0.3 is 9.47 Å². The lowest BCUT2D eigenvalue weighted by molar-refractivity contribution is 0.129. The molecule has 1 aromatic heterocycles. The largest absolute Gasteiger partial charge is 0.495 e. The number of benzene rings is 1. The average molecular weight is 349 g/mol. The minimum atomic E-state index is -3.57. The summed E-state index contributed by atoms with van der Waals surface area (Å²) in [5.74, 6) is 0.868. The summed E-state index contributed by atoms with van der Waals surface area (Å²) in [5.41, 5.74) is 0. The fourth-order valence-corrected chi connectivity index (χ4v) is 4.31. The summed E-state index contributed by atoms with van der Waals surface area (Å²) in [6.07, 6.45) is 4.21. The summed E-state index contributed by atoms with van der Waals surface area (Å²) in [4.78, 5) is 8.07. The Morgan fingerprint density at radius 1 is 1.17 bits per heavy atom. The molecule has 1 fully saturated rings. The zero-order valence-electron chi connectivity index (χ0n) is 13.3. The summed E-state index contributed by atoms with van der Waals surface area (Å²) in [6, 6.07) is 8.35. The standard InChI is InChI=1S/C16H19N3O4S/c1-22-14-4-2-3-5-15(14)24(20,21)19-10-7-13(8-11-19)23-16-6-9-17-12-18-16/h2-6,9,12-13H,7-8,10-11H2,1H3. The lowest BCUT2D eigenvalue weighted by Gasteiger charge is -2.31. The maximum absolute atomic E-state index is 12.8. The van der Waals surface area contributed by atoms with Gasteiger partial charge >= 0.3 is 0 Å². The topological polar surface area (TPSA) is 81.6 Å². The highest BCUT2D eigenvalue weighted by Crippen LogP contribution is 2.28. The molecule has 0 unspecified atom stereocenters. The van der Waals surface area contributed by atoms with E-state index in [4.69, 9.17) is 9.47 Å². The molecule has 1 aromatic carbocycles. The lowest BCUT2D eigenvalue weighted by atomic mass is 10.1. The van der Waals surface area contributed by atoms with Crippen LogP contribution < -0.4 is 9.47 Å². The Labute approximate surface area is 141 Å². The first-order chi connectivity index (χ1) is 11.6. The van der Waals surface area contributed by atoms with E-state index in [2.05, 4.69) is 9.97 Å². The number of rotatable bonds is 5. The van der Waals surface area contributed by atoms with Gasteiger partial charge in [0.2, 0.25) is 15.9 Å². The number of nitrogens with zero attached hydrogens (tertiary/aromatic N) is 3. The van der Waals surface area contributed by atoms with Crippen molar-refractivity contribution < 1.29 is 17.9 Å². The zero-order chi connectivity index (χ0) is 17.0. The van der Waals surface area contributed by atoms with E-state index in [-0.39, 0.29) is 11.0 Å². The van der Waals surface area contributed by atoms with Crippen LogP contribution in [0.2, 0.25) is 0 Å². The second kappa shape index (κ2) is 7.14. The maximum atomic E-state index is 12.8. The molecule has 0 bridgehead atoms. The molecular formula is C16H19N3O4S. The van der Waals surface area contributed by atoms with E-state index in [0.29, 0.717) is 37.6 Å². The highest BCUT2D eigenvalue weighted by Gasteiger charge is 2.32. The Balaban J connectivity index is 1.67. The predicted octanol–water partition coefficient (Wildman–Crippen LogP) is 1.72. The number of methoxy groups -OCH3 is 1. The highest BCUT2D eigenvalue weighted by atomic mass is 32.2. The lowest BCUT2D eigenvalue weighted by Crippen LogP contribution is -2.41. The van der Waals surface area contributed by atoms with E-state index < -0.39 is 10.0 Å². The Bertz CT molecular complexity index is 775. The Morgan fingerprint density at radius 3 is 2.58 bits per heavy atom. The van der Waals surface area contributed by atoms with Crippen LogP contribution in [-0.2, 0) is 10.0 Å². The zero-order valence-corrected chi connectivity index (χ0v) is 14.1. The van der Waals surface area contributed by atoms with Gasteiger partial charge in [-0.25, -0.2) is 18.4 Å². The summed E-state index contributed by atoms with van der Waals surface area (Å²) in [6.45, 7) is 0.798. The van der Waals surface area contributed by atoms with Crippen LogP contribution in [0, 0.1) is 0 Å². The van der Waals surface area contributed by atoms with Gasteiger partial charge in [-0.3, -0.25) is 0 Å². The summed E-state index contributed by atoms with van der Waals surface area (Å²) in [7, 11) is -2.11. The third kappa shape index (κ3) is 3.49.